The van der Waals surface area contributed by atoms with E-state index in [1.54, 1.807) is 11.0 Å². The number of nitriles is 1. The maximum absolute atomic E-state index is 15.9. The number of hydrogen-bond donors (Lipinski definition) is 0. The number of nitrogens with zero attached hydrogens (tertiary/aromatic N) is 4. The summed E-state index contributed by atoms with van der Waals surface area (Å²) in [6.07, 6.45) is 2.48. The summed E-state index contributed by atoms with van der Waals surface area (Å²) in [6.45, 7) is 6.75. The van der Waals surface area contributed by atoms with Crippen molar-refractivity contribution in [1.29, 1.82) is 5.26 Å². The Bertz CT molecular complexity index is 1550. The van der Waals surface area contributed by atoms with Crippen LogP contribution in [0.4, 0.5) is 8.78 Å². The molecule has 0 aliphatic carbocycles. The zero-order chi connectivity index (χ0) is 30.8. The second-order valence-electron chi connectivity index (χ2n) is 12.8. The van der Waals surface area contributed by atoms with Crippen LogP contribution in [0.25, 0.3) is 0 Å². The molecule has 0 radical (unpaired) electrons. The van der Waals surface area contributed by atoms with Gasteiger partial charge in [-0.1, -0.05) is 62.2 Å². The molecule has 7 nitrogen and oxygen atoms in total. The number of carbonyl (C=O) groups is 1. The van der Waals surface area contributed by atoms with Crippen molar-refractivity contribution >= 4 is 39.1 Å². The number of hydrogen-bond acceptors (Lipinski definition) is 5. The van der Waals surface area contributed by atoms with E-state index in [0.717, 1.165) is 6.07 Å². The van der Waals surface area contributed by atoms with Crippen LogP contribution in [0.15, 0.2) is 36.4 Å². The first-order valence-electron chi connectivity index (χ1n) is 13.9. The van der Waals surface area contributed by atoms with Gasteiger partial charge in [0.1, 0.15) is 23.1 Å². The summed E-state index contributed by atoms with van der Waals surface area (Å²) in [5.41, 5.74) is -1.87. The van der Waals surface area contributed by atoms with Crippen LogP contribution in [0.1, 0.15) is 57.1 Å². The zero-order valence-electron chi connectivity index (χ0n) is 23.9. The van der Waals surface area contributed by atoms with Crippen molar-refractivity contribution in [2.45, 2.75) is 69.5 Å². The van der Waals surface area contributed by atoms with Crippen molar-refractivity contribution in [1.82, 2.24) is 14.1 Å². The van der Waals surface area contributed by atoms with Crippen LogP contribution in [0.5, 0.6) is 0 Å². The summed E-state index contributed by atoms with van der Waals surface area (Å²) < 4.78 is 57.3. The van der Waals surface area contributed by atoms with Gasteiger partial charge in [-0.15, -0.1) is 0 Å². The van der Waals surface area contributed by atoms with Crippen molar-refractivity contribution in [2.75, 3.05) is 26.0 Å². The van der Waals surface area contributed by atoms with Crippen LogP contribution in [-0.4, -0.2) is 72.6 Å². The first kappa shape index (κ1) is 31.1. The van der Waals surface area contributed by atoms with Crippen LogP contribution in [0.3, 0.4) is 0 Å². The van der Waals surface area contributed by atoms with Gasteiger partial charge in [-0.2, -0.15) is 5.26 Å². The standard InChI is InChI=1S/C30H34Cl2F2N4O3S/c1-29(2,3)15-24-30(16-35,21-9-8-18(31)14-23(21)33)25(20-6-5-7-22(32)26(20)34)27-28(39)37(17-38(24)27)19-10-12-36(13-11-19)42(4,40)41/h5-9,14,19,24-25,27H,10-13,15,17H2,1-4H3/t24-,25-,27+,30-/m0/s1. The normalized spacial score (nSPS) is 27.8. The first-order chi connectivity index (χ1) is 19.6. The second-order valence-corrected chi connectivity index (χ2v) is 15.6. The number of rotatable bonds is 5. The van der Waals surface area contributed by atoms with Gasteiger partial charge in [0, 0.05) is 41.7 Å². The van der Waals surface area contributed by atoms with E-state index in [4.69, 9.17) is 23.2 Å². The third-order valence-electron chi connectivity index (χ3n) is 8.96. The fraction of sp³-hybridized carbons (Fsp3) is 0.533. The van der Waals surface area contributed by atoms with Crippen molar-refractivity contribution in [3.63, 3.8) is 0 Å². The van der Waals surface area contributed by atoms with Crippen molar-refractivity contribution in [3.05, 3.63) is 69.2 Å². The predicted octanol–water partition coefficient (Wildman–Crippen LogP) is 5.53. The molecule has 3 heterocycles. The molecule has 226 valence electrons. The third kappa shape index (κ3) is 5.22. The molecule has 3 aliphatic rings. The molecule has 2 aromatic rings. The number of fused-ring (bicyclic) bond motifs is 1. The average Bonchev–Trinajstić information content (AvgIpc) is 3.36. The topological polar surface area (TPSA) is 84.7 Å². The molecule has 1 amide bonds. The molecule has 0 unspecified atom stereocenters. The van der Waals surface area contributed by atoms with E-state index in [0.29, 0.717) is 19.3 Å². The van der Waals surface area contributed by atoms with E-state index in [1.165, 1.54) is 34.8 Å². The highest BCUT2D eigenvalue weighted by Crippen LogP contribution is 2.58. The van der Waals surface area contributed by atoms with Crippen LogP contribution in [0, 0.1) is 28.4 Å². The van der Waals surface area contributed by atoms with Gasteiger partial charge in [0.15, 0.2) is 0 Å². The molecule has 4 atom stereocenters. The number of benzene rings is 2. The van der Waals surface area contributed by atoms with E-state index in [1.807, 2.05) is 25.7 Å². The van der Waals surface area contributed by atoms with Gasteiger partial charge < -0.3 is 4.90 Å². The van der Waals surface area contributed by atoms with Crippen molar-refractivity contribution < 1.29 is 22.0 Å². The highest BCUT2D eigenvalue weighted by molar-refractivity contribution is 7.88. The van der Waals surface area contributed by atoms with E-state index < -0.39 is 45.1 Å². The highest BCUT2D eigenvalue weighted by Gasteiger charge is 2.68. The minimum atomic E-state index is -3.36. The van der Waals surface area contributed by atoms with E-state index in [9.17, 15) is 18.5 Å². The minimum Gasteiger partial charge on any atom is -0.325 e. The SMILES string of the molecule is CC(C)(C)C[C@@H]1N2CN(C3CCN(S(C)(=O)=O)CC3)C(=O)[C@H]2[C@H](c2cccc(Cl)c2F)[C@@]1(C#N)c1ccc(Cl)cc1F. The Kier molecular flexibility index (Phi) is 8.16. The summed E-state index contributed by atoms with van der Waals surface area (Å²) in [5.74, 6) is -2.82. The summed E-state index contributed by atoms with van der Waals surface area (Å²) in [6, 6.07) is 9.15. The van der Waals surface area contributed by atoms with Gasteiger partial charge in [-0.25, -0.2) is 21.5 Å². The lowest BCUT2D eigenvalue weighted by Gasteiger charge is -2.41. The lowest BCUT2D eigenvalue weighted by molar-refractivity contribution is -0.132. The predicted molar refractivity (Wildman–Crippen MR) is 157 cm³/mol. The van der Waals surface area contributed by atoms with Crippen LogP contribution in [0.2, 0.25) is 10.0 Å². The lowest BCUT2D eigenvalue weighted by Crippen LogP contribution is -2.51. The minimum absolute atomic E-state index is 0.0586. The lowest BCUT2D eigenvalue weighted by atomic mass is 9.62. The molecule has 0 N–H and O–H groups in total. The molecule has 3 saturated heterocycles. The van der Waals surface area contributed by atoms with Crippen molar-refractivity contribution in [3.8, 4) is 6.07 Å². The Morgan fingerprint density at radius 2 is 1.79 bits per heavy atom. The van der Waals surface area contributed by atoms with Gasteiger partial charge >= 0.3 is 0 Å². The highest BCUT2D eigenvalue weighted by atomic mass is 35.5. The molecule has 5 rings (SSSR count). The van der Waals surface area contributed by atoms with E-state index in [-0.39, 0.29) is 58.3 Å². The molecule has 0 aromatic heterocycles. The van der Waals surface area contributed by atoms with Crippen molar-refractivity contribution in [2.24, 2.45) is 5.41 Å². The fourth-order valence-corrected chi connectivity index (χ4v) is 8.40. The Balaban J connectivity index is 1.68. The van der Waals surface area contributed by atoms with Gasteiger partial charge in [-0.05, 0) is 48.4 Å². The average molecular weight is 640 g/mol. The number of amides is 1. The second kappa shape index (κ2) is 11.0. The maximum Gasteiger partial charge on any atom is 0.241 e. The molecular weight excluding hydrogens is 605 g/mol. The third-order valence-corrected chi connectivity index (χ3v) is 10.8. The first-order valence-corrected chi connectivity index (χ1v) is 16.5. The van der Waals surface area contributed by atoms with Gasteiger partial charge in [-0.3, -0.25) is 9.69 Å². The summed E-state index contributed by atoms with van der Waals surface area (Å²) >= 11 is 12.3. The fourth-order valence-electron chi connectivity index (χ4n) is 7.18. The van der Waals surface area contributed by atoms with E-state index in [2.05, 4.69) is 6.07 Å². The number of piperidine rings is 1. The summed E-state index contributed by atoms with van der Waals surface area (Å²) in [4.78, 5) is 18.1. The largest absolute Gasteiger partial charge is 0.325 e. The molecule has 12 heteroatoms. The molecular formula is C30H34Cl2F2N4O3S. The summed E-state index contributed by atoms with van der Waals surface area (Å²) in [7, 11) is -3.36. The number of sulfonamides is 1. The van der Waals surface area contributed by atoms with Crippen LogP contribution in [-0.2, 0) is 20.2 Å². The zero-order valence-corrected chi connectivity index (χ0v) is 26.3. The van der Waals surface area contributed by atoms with Gasteiger partial charge in [0.2, 0.25) is 15.9 Å². The Hall–Kier alpha value is -2.29. The van der Waals surface area contributed by atoms with E-state index >= 15 is 8.78 Å². The monoisotopic (exact) mass is 638 g/mol. The smallest absolute Gasteiger partial charge is 0.241 e. The van der Waals surface area contributed by atoms with Crippen LogP contribution < -0.4 is 0 Å². The molecule has 0 spiro atoms. The maximum atomic E-state index is 15.9. The molecule has 2 aromatic carbocycles. The molecule has 42 heavy (non-hydrogen) atoms. The quantitative estimate of drug-likeness (QED) is 0.430. The van der Waals surface area contributed by atoms with Gasteiger partial charge in [0.05, 0.1) is 24.0 Å². The Morgan fingerprint density at radius 1 is 1.12 bits per heavy atom. The molecule has 3 aliphatic heterocycles. The van der Waals surface area contributed by atoms with Crippen LogP contribution >= 0.6 is 23.2 Å². The summed E-state index contributed by atoms with van der Waals surface area (Å²) in [5, 5.41) is 11.1. The number of halogens is 4. The molecule has 0 bridgehead atoms. The molecule has 0 saturated carbocycles. The Labute approximate surface area is 256 Å². The Morgan fingerprint density at radius 3 is 2.36 bits per heavy atom. The van der Waals surface area contributed by atoms with Gasteiger partial charge in [0.25, 0.3) is 0 Å². The molecule has 3 fully saturated rings. The number of carbonyl (C=O) groups excluding carboxylic acids is 1.